The molecule has 2 heterocycles. The fourth-order valence-corrected chi connectivity index (χ4v) is 5.04. The van der Waals surface area contributed by atoms with Crippen LogP contribution in [0.5, 0.6) is 0 Å². The van der Waals surface area contributed by atoms with E-state index in [0.29, 0.717) is 19.7 Å². The van der Waals surface area contributed by atoms with Gasteiger partial charge >= 0.3 is 7.12 Å². The van der Waals surface area contributed by atoms with E-state index in [1.807, 2.05) is 46.4 Å². The summed E-state index contributed by atoms with van der Waals surface area (Å²) < 4.78 is 43.3. The molecule has 0 aliphatic carbocycles. The van der Waals surface area contributed by atoms with Crippen LogP contribution >= 0.6 is 0 Å². The van der Waals surface area contributed by atoms with Crippen molar-refractivity contribution in [1.29, 1.82) is 0 Å². The lowest BCUT2D eigenvalue weighted by Gasteiger charge is -2.39. The Hall–Kier alpha value is -1.42. The van der Waals surface area contributed by atoms with Crippen molar-refractivity contribution in [3.63, 3.8) is 0 Å². The first-order valence-electron chi connectivity index (χ1n) is 11.7. The number of hydrogen-bond donors (Lipinski definition) is 0. The van der Waals surface area contributed by atoms with Crippen LogP contribution in [0.15, 0.2) is 29.2 Å². The first-order chi connectivity index (χ1) is 15.2. The van der Waals surface area contributed by atoms with Crippen molar-refractivity contribution in [2.75, 3.05) is 25.6 Å². The van der Waals surface area contributed by atoms with Crippen LogP contribution in [0, 0.1) is 11.3 Å². The maximum atomic E-state index is 12.8. The molecule has 2 aliphatic rings. The molecule has 2 aliphatic heterocycles. The molecule has 33 heavy (non-hydrogen) atoms. The second kappa shape index (κ2) is 9.32. The van der Waals surface area contributed by atoms with Gasteiger partial charge in [-0.3, -0.25) is 4.79 Å². The number of likely N-dealkylation sites (tertiary alicyclic amines) is 1. The van der Waals surface area contributed by atoms with Crippen LogP contribution in [0.4, 0.5) is 0 Å². The number of piperidine rings is 1. The maximum Gasteiger partial charge on any atom is 0.494 e. The molecule has 0 aromatic heterocycles. The smallest absolute Gasteiger partial charge is 0.399 e. The summed E-state index contributed by atoms with van der Waals surface area (Å²) in [5.41, 5.74) is -0.261. The average Bonchev–Trinajstić information content (AvgIpc) is 2.95. The van der Waals surface area contributed by atoms with E-state index < -0.39 is 28.2 Å². The molecule has 2 fully saturated rings. The molecule has 1 aromatic rings. The van der Waals surface area contributed by atoms with Crippen LogP contribution in [-0.4, -0.2) is 63.2 Å². The highest BCUT2D eigenvalue weighted by molar-refractivity contribution is 7.91. The van der Waals surface area contributed by atoms with Crippen LogP contribution in [0.1, 0.15) is 61.3 Å². The highest BCUT2D eigenvalue weighted by atomic mass is 32.2. The van der Waals surface area contributed by atoms with Crippen molar-refractivity contribution < 1.29 is 27.3 Å². The van der Waals surface area contributed by atoms with Gasteiger partial charge < -0.3 is 18.9 Å². The van der Waals surface area contributed by atoms with E-state index in [2.05, 4.69) is 6.92 Å². The fourth-order valence-electron chi connectivity index (χ4n) is 4.05. The number of hydrogen-bond acceptors (Lipinski definition) is 6. The molecular weight excluding hydrogens is 441 g/mol. The van der Waals surface area contributed by atoms with Gasteiger partial charge in [0.2, 0.25) is 15.7 Å². The van der Waals surface area contributed by atoms with Gasteiger partial charge in [-0.2, -0.15) is 0 Å². The standard InChI is InChI=1S/C24H38BNO6S/c1-18(2)21(27)26-14-12-24(7,13-15-26)16-30-17-33(28,29)20-10-8-19(9-11-20)25-31-22(3,4)23(5,6)32-25/h8-11,18H,12-17H2,1-7H3. The van der Waals surface area contributed by atoms with Crippen molar-refractivity contribution in [2.45, 2.75) is 77.4 Å². The Kier molecular flexibility index (Phi) is 7.40. The predicted octanol–water partition coefficient (Wildman–Crippen LogP) is 3.02. The molecule has 0 saturated carbocycles. The molecule has 2 saturated heterocycles. The number of nitrogens with zero attached hydrogens (tertiary/aromatic N) is 1. The average molecular weight is 479 g/mol. The number of benzene rings is 1. The number of carbonyl (C=O) groups is 1. The van der Waals surface area contributed by atoms with E-state index in [9.17, 15) is 13.2 Å². The molecule has 9 heteroatoms. The summed E-state index contributed by atoms with van der Waals surface area (Å²) in [6, 6.07) is 6.63. The quantitative estimate of drug-likeness (QED) is 0.560. The summed E-state index contributed by atoms with van der Waals surface area (Å²) in [6.45, 7) is 15.6. The van der Waals surface area contributed by atoms with Crippen molar-refractivity contribution in [2.24, 2.45) is 11.3 Å². The summed E-state index contributed by atoms with van der Waals surface area (Å²) in [5, 5.41) is 0. The van der Waals surface area contributed by atoms with E-state index in [1.165, 1.54) is 0 Å². The molecule has 1 aromatic carbocycles. The molecule has 0 atom stereocenters. The Morgan fingerprint density at radius 1 is 1.03 bits per heavy atom. The number of ether oxygens (including phenoxy) is 1. The summed E-state index contributed by atoms with van der Waals surface area (Å²) in [6.07, 6.45) is 1.60. The van der Waals surface area contributed by atoms with Gasteiger partial charge in [-0.05, 0) is 63.5 Å². The van der Waals surface area contributed by atoms with E-state index in [1.54, 1.807) is 24.3 Å². The van der Waals surface area contributed by atoms with Crippen LogP contribution < -0.4 is 5.46 Å². The van der Waals surface area contributed by atoms with E-state index in [4.69, 9.17) is 14.0 Å². The highest BCUT2D eigenvalue weighted by Gasteiger charge is 2.51. The Bertz CT molecular complexity index is 934. The lowest BCUT2D eigenvalue weighted by Crippen LogP contribution is -2.45. The Morgan fingerprint density at radius 2 is 1.55 bits per heavy atom. The maximum absolute atomic E-state index is 12.8. The Balaban J connectivity index is 1.54. The molecule has 0 bridgehead atoms. The Labute approximate surface area is 199 Å². The minimum absolute atomic E-state index is 0.00749. The minimum Gasteiger partial charge on any atom is -0.399 e. The normalized spacial score (nSPS) is 22.1. The summed E-state index contributed by atoms with van der Waals surface area (Å²) >= 11 is 0. The first-order valence-corrected chi connectivity index (χ1v) is 13.4. The molecule has 3 rings (SSSR count). The first kappa shape index (κ1) is 26.2. The van der Waals surface area contributed by atoms with Gasteiger partial charge in [0.15, 0.2) is 5.94 Å². The Morgan fingerprint density at radius 3 is 2.03 bits per heavy atom. The van der Waals surface area contributed by atoms with E-state index in [-0.39, 0.29) is 28.1 Å². The van der Waals surface area contributed by atoms with Crippen LogP contribution in [0.2, 0.25) is 0 Å². The van der Waals surface area contributed by atoms with Gasteiger partial charge in [-0.25, -0.2) is 8.42 Å². The van der Waals surface area contributed by atoms with Crippen molar-refractivity contribution in [3.05, 3.63) is 24.3 Å². The third-order valence-corrected chi connectivity index (χ3v) is 8.70. The van der Waals surface area contributed by atoms with Gasteiger partial charge in [0.1, 0.15) is 0 Å². The molecule has 0 radical (unpaired) electrons. The highest BCUT2D eigenvalue weighted by Crippen LogP contribution is 2.36. The number of carbonyl (C=O) groups excluding carboxylic acids is 1. The molecular formula is C24H38BNO6S. The number of sulfone groups is 1. The lowest BCUT2D eigenvalue weighted by atomic mass is 9.79. The minimum atomic E-state index is -3.58. The summed E-state index contributed by atoms with van der Waals surface area (Å²) in [7, 11) is -4.11. The second-order valence-corrected chi connectivity index (χ2v) is 13.0. The zero-order valence-corrected chi connectivity index (χ0v) is 21.8. The van der Waals surface area contributed by atoms with E-state index in [0.717, 1.165) is 18.3 Å². The van der Waals surface area contributed by atoms with Crippen LogP contribution in [0.25, 0.3) is 0 Å². The topological polar surface area (TPSA) is 82.1 Å². The molecule has 1 amide bonds. The number of amides is 1. The van der Waals surface area contributed by atoms with Crippen molar-refractivity contribution >= 4 is 28.3 Å². The van der Waals surface area contributed by atoms with Gasteiger partial charge in [0.25, 0.3) is 0 Å². The zero-order valence-electron chi connectivity index (χ0n) is 21.0. The van der Waals surface area contributed by atoms with Crippen LogP contribution in [0.3, 0.4) is 0 Å². The van der Waals surface area contributed by atoms with Gasteiger partial charge in [-0.15, -0.1) is 0 Å². The largest absolute Gasteiger partial charge is 0.494 e. The van der Waals surface area contributed by atoms with Crippen LogP contribution in [-0.2, 0) is 28.7 Å². The molecule has 0 N–H and O–H groups in total. The number of rotatable bonds is 7. The van der Waals surface area contributed by atoms with E-state index >= 15 is 0 Å². The third-order valence-electron chi connectivity index (χ3n) is 7.23. The summed E-state index contributed by atoms with van der Waals surface area (Å²) in [5.74, 6) is -0.205. The molecule has 0 spiro atoms. The van der Waals surface area contributed by atoms with Crippen molar-refractivity contribution in [3.8, 4) is 0 Å². The van der Waals surface area contributed by atoms with Gasteiger partial charge in [0, 0.05) is 19.0 Å². The predicted molar refractivity (Wildman–Crippen MR) is 129 cm³/mol. The lowest BCUT2D eigenvalue weighted by molar-refractivity contribution is -0.137. The monoisotopic (exact) mass is 479 g/mol. The fraction of sp³-hybridized carbons (Fsp3) is 0.708. The molecule has 0 unspecified atom stereocenters. The third kappa shape index (κ3) is 5.81. The zero-order chi connectivity index (χ0) is 24.7. The molecule has 184 valence electrons. The van der Waals surface area contributed by atoms with Gasteiger partial charge in [-0.1, -0.05) is 32.9 Å². The van der Waals surface area contributed by atoms with Crippen molar-refractivity contribution in [1.82, 2.24) is 4.90 Å². The summed E-state index contributed by atoms with van der Waals surface area (Å²) in [4.78, 5) is 14.3. The SMILES string of the molecule is CC(C)C(=O)N1CCC(C)(COCS(=O)(=O)c2ccc(B3OC(C)(C)C(C)(C)O3)cc2)CC1. The van der Waals surface area contributed by atoms with Gasteiger partial charge in [0.05, 0.1) is 22.7 Å². The molecule has 7 nitrogen and oxygen atoms in total. The second-order valence-electron chi connectivity index (χ2n) is 11.0.